The summed E-state index contributed by atoms with van der Waals surface area (Å²) >= 11 is 6.05. The molecule has 3 aromatic rings. The lowest BCUT2D eigenvalue weighted by Crippen LogP contribution is -2.30. The molecule has 1 amide bonds. The molecule has 1 unspecified atom stereocenters. The molecule has 3 aromatic carbocycles. The molecule has 0 fully saturated rings. The summed E-state index contributed by atoms with van der Waals surface area (Å²) in [6.45, 7) is 5.39. The highest BCUT2D eigenvalue weighted by molar-refractivity contribution is 7.92. The molecule has 0 radical (unpaired) electrons. The van der Waals surface area contributed by atoms with Crippen molar-refractivity contribution in [3.05, 3.63) is 82.9 Å². The molecule has 0 aliphatic heterocycles. The van der Waals surface area contributed by atoms with Crippen molar-refractivity contribution >= 4 is 38.9 Å². The molecule has 0 aliphatic rings. The number of carbonyl (C=O) groups excluding carboxylic acids is 1. The van der Waals surface area contributed by atoms with E-state index in [4.69, 9.17) is 16.3 Å². The zero-order valence-electron chi connectivity index (χ0n) is 17.3. The molecule has 0 heterocycles. The van der Waals surface area contributed by atoms with Crippen molar-refractivity contribution in [2.45, 2.75) is 31.8 Å². The minimum absolute atomic E-state index is 0.0887. The second-order valence-electron chi connectivity index (χ2n) is 7.13. The predicted molar refractivity (Wildman–Crippen MR) is 123 cm³/mol. The lowest BCUT2D eigenvalue weighted by atomic mass is 10.1. The number of hydrogen-bond acceptors (Lipinski definition) is 4. The van der Waals surface area contributed by atoms with Crippen LogP contribution in [-0.4, -0.2) is 20.4 Å². The number of carbonyl (C=O) groups is 1. The third-order valence-corrected chi connectivity index (χ3v) is 6.26. The van der Waals surface area contributed by atoms with Crippen molar-refractivity contribution in [3.8, 4) is 5.75 Å². The van der Waals surface area contributed by atoms with E-state index in [0.29, 0.717) is 22.1 Å². The molecule has 1 atom stereocenters. The first-order valence-electron chi connectivity index (χ1n) is 9.58. The van der Waals surface area contributed by atoms with Crippen molar-refractivity contribution in [1.82, 2.24) is 0 Å². The van der Waals surface area contributed by atoms with Crippen molar-refractivity contribution < 1.29 is 17.9 Å². The van der Waals surface area contributed by atoms with E-state index in [0.717, 1.165) is 11.1 Å². The number of halogens is 1. The molecule has 0 spiro atoms. The highest BCUT2D eigenvalue weighted by atomic mass is 35.5. The Morgan fingerprint density at radius 2 is 1.68 bits per heavy atom. The molecule has 2 N–H and O–H groups in total. The Hall–Kier alpha value is -3.03. The summed E-state index contributed by atoms with van der Waals surface area (Å²) in [4.78, 5) is 12.5. The van der Waals surface area contributed by atoms with Gasteiger partial charge < -0.3 is 10.1 Å². The number of nitrogens with one attached hydrogen (secondary N) is 2. The van der Waals surface area contributed by atoms with Crippen molar-refractivity contribution in [2.24, 2.45) is 0 Å². The molecule has 0 aromatic heterocycles. The maximum Gasteiger partial charge on any atom is 0.265 e. The second-order valence-corrected chi connectivity index (χ2v) is 9.22. The van der Waals surface area contributed by atoms with Crippen LogP contribution in [0, 0.1) is 13.8 Å². The molecule has 0 saturated carbocycles. The van der Waals surface area contributed by atoms with Gasteiger partial charge in [0, 0.05) is 5.69 Å². The molecule has 0 bridgehead atoms. The fraction of sp³-hybridized carbons (Fsp3) is 0.174. The highest BCUT2D eigenvalue weighted by Crippen LogP contribution is 2.25. The van der Waals surface area contributed by atoms with E-state index in [2.05, 4.69) is 10.0 Å². The van der Waals surface area contributed by atoms with Crippen LogP contribution >= 0.6 is 11.6 Å². The first-order valence-corrected chi connectivity index (χ1v) is 11.4. The van der Waals surface area contributed by atoms with Crippen LogP contribution in [0.4, 0.5) is 11.4 Å². The van der Waals surface area contributed by atoms with Gasteiger partial charge in [-0.05, 0) is 68.8 Å². The van der Waals surface area contributed by atoms with Gasteiger partial charge in [0.15, 0.2) is 6.10 Å². The van der Waals surface area contributed by atoms with Crippen molar-refractivity contribution in [3.63, 3.8) is 0 Å². The SMILES string of the molecule is Cc1ccc(NS(=O)(=O)c2ccc(NC(=O)C(C)Oc3ccccc3Cl)cc2)c(C)c1. The third-order valence-electron chi connectivity index (χ3n) is 4.57. The Labute approximate surface area is 187 Å². The van der Waals surface area contributed by atoms with Gasteiger partial charge in [-0.3, -0.25) is 9.52 Å². The predicted octanol–water partition coefficient (Wildman–Crippen LogP) is 5.16. The standard InChI is InChI=1S/C23H23ClN2O4S/c1-15-8-13-21(16(2)14-15)26-31(28,29)19-11-9-18(10-12-19)25-23(27)17(3)30-22-7-5-4-6-20(22)24/h4-14,17,26H,1-3H3,(H,25,27). The minimum Gasteiger partial charge on any atom is -0.479 e. The zero-order valence-corrected chi connectivity index (χ0v) is 18.9. The smallest absolute Gasteiger partial charge is 0.265 e. The summed E-state index contributed by atoms with van der Waals surface area (Å²) in [5, 5.41) is 3.11. The van der Waals surface area contributed by atoms with Crippen molar-refractivity contribution in [2.75, 3.05) is 10.0 Å². The fourth-order valence-corrected chi connectivity index (χ4v) is 4.19. The van der Waals surface area contributed by atoms with Gasteiger partial charge in [0.2, 0.25) is 0 Å². The highest BCUT2D eigenvalue weighted by Gasteiger charge is 2.18. The number of benzene rings is 3. The van der Waals surface area contributed by atoms with Crippen molar-refractivity contribution in [1.29, 1.82) is 0 Å². The van der Waals surface area contributed by atoms with E-state index in [9.17, 15) is 13.2 Å². The Kier molecular flexibility index (Phi) is 6.87. The number of sulfonamides is 1. The van der Waals surface area contributed by atoms with Crippen LogP contribution < -0.4 is 14.8 Å². The molecular weight excluding hydrogens is 436 g/mol. The Morgan fingerprint density at radius 3 is 2.32 bits per heavy atom. The zero-order chi connectivity index (χ0) is 22.6. The summed E-state index contributed by atoms with van der Waals surface area (Å²) in [6, 6.07) is 18.3. The molecule has 8 heteroatoms. The van der Waals surface area contributed by atoms with Gasteiger partial charge in [0.25, 0.3) is 15.9 Å². The lowest BCUT2D eigenvalue weighted by molar-refractivity contribution is -0.122. The molecule has 162 valence electrons. The minimum atomic E-state index is -3.76. The van der Waals surface area contributed by atoms with Gasteiger partial charge >= 0.3 is 0 Å². The van der Waals surface area contributed by atoms with E-state index >= 15 is 0 Å². The van der Waals surface area contributed by atoms with Crippen LogP contribution in [0.25, 0.3) is 0 Å². The van der Waals surface area contributed by atoms with Crippen LogP contribution in [0.5, 0.6) is 5.75 Å². The normalized spacial score (nSPS) is 12.1. The molecule has 31 heavy (non-hydrogen) atoms. The summed E-state index contributed by atoms with van der Waals surface area (Å²) in [5.41, 5.74) is 2.85. The van der Waals surface area contributed by atoms with Gasteiger partial charge in [-0.15, -0.1) is 0 Å². The number of ether oxygens (including phenoxy) is 1. The number of rotatable bonds is 7. The summed E-state index contributed by atoms with van der Waals surface area (Å²) in [6.07, 6.45) is -0.797. The van der Waals surface area contributed by atoms with E-state index in [1.807, 2.05) is 26.0 Å². The van der Waals surface area contributed by atoms with Gasteiger partial charge in [0.05, 0.1) is 15.6 Å². The van der Waals surface area contributed by atoms with E-state index in [1.165, 1.54) is 24.3 Å². The first-order chi connectivity index (χ1) is 14.7. The third kappa shape index (κ3) is 5.77. The first kappa shape index (κ1) is 22.7. The van der Waals surface area contributed by atoms with Gasteiger partial charge in [0.1, 0.15) is 5.75 Å². The summed E-state index contributed by atoms with van der Waals surface area (Å²) in [5.74, 6) is 0.0228. The average molecular weight is 459 g/mol. The quantitative estimate of drug-likeness (QED) is 0.512. The summed E-state index contributed by atoms with van der Waals surface area (Å²) in [7, 11) is -3.76. The number of hydrogen-bond donors (Lipinski definition) is 2. The fourth-order valence-electron chi connectivity index (χ4n) is 2.88. The van der Waals surface area contributed by atoms with Gasteiger partial charge in [-0.2, -0.15) is 0 Å². The lowest BCUT2D eigenvalue weighted by Gasteiger charge is -2.16. The monoisotopic (exact) mass is 458 g/mol. The van der Waals surface area contributed by atoms with E-state index in [1.54, 1.807) is 37.3 Å². The Balaban J connectivity index is 1.66. The molecule has 0 saturated heterocycles. The Morgan fingerprint density at radius 1 is 1.00 bits per heavy atom. The van der Waals surface area contributed by atoms with Crippen LogP contribution in [0.15, 0.2) is 71.6 Å². The number of anilines is 2. The molecule has 0 aliphatic carbocycles. The van der Waals surface area contributed by atoms with Gasteiger partial charge in [-0.1, -0.05) is 41.4 Å². The molecular formula is C23H23ClN2O4S. The van der Waals surface area contributed by atoms with Gasteiger partial charge in [-0.25, -0.2) is 8.42 Å². The maximum absolute atomic E-state index is 12.7. The summed E-state index contributed by atoms with van der Waals surface area (Å²) < 4.78 is 33.6. The number of amides is 1. The topological polar surface area (TPSA) is 84.5 Å². The van der Waals surface area contributed by atoms with Crippen LogP contribution in [-0.2, 0) is 14.8 Å². The van der Waals surface area contributed by atoms with Crippen LogP contribution in [0.1, 0.15) is 18.1 Å². The van der Waals surface area contributed by atoms with E-state index < -0.39 is 16.1 Å². The number of aryl methyl sites for hydroxylation is 2. The molecule has 6 nitrogen and oxygen atoms in total. The Bertz CT molecular complexity index is 1190. The van der Waals surface area contributed by atoms with Crippen LogP contribution in [0.3, 0.4) is 0 Å². The maximum atomic E-state index is 12.7. The largest absolute Gasteiger partial charge is 0.479 e. The number of para-hydroxylation sites is 1. The average Bonchev–Trinajstić information content (AvgIpc) is 2.72. The van der Waals surface area contributed by atoms with E-state index in [-0.39, 0.29) is 10.8 Å². The van der Waals surface area contributed by atoms with Crippen LogP contribution in [0.2, 0.25) is 5.02 Å². The second kappa shape index (κ2) is 9.41. The molecule has 3 rings (SSSR count).